The fourth-order valence-electron chi connectivity index (χ4n) is 1.79. The Bertz CT molecular complexity index is 787. The van der Waals surface area contributed by atoms with Crippen LogP contribution < -0.4 is 16.8 Å². The second-order valence-corrected chi connectivity index (χ2v) is 5.07. The Hall–Kier alpha value is -2.26. The van der Waals surface area contributed by atoms with Crippen molar-refractivity contribution in [2.24, 2.45) is 12.9 Å². The number of hydrogen-bond acceptors (Lipinski definition) is 7. The zero-order valence-corrected chi connectivity index (χ0v) is 10.9. The Morgan fingerprint density at radius 1 is 1.42 bits per heavy atom. The predicted molar refractivity (Wildman–Crippen MR) is 71.8 cm³/mol. The van der Waals surface area contributed by atoms with Crippen molar-refractivity contribution in [1.29, 1.82) is 0 Å². The van der Waals surface area contributed by atoms with Gasteiger partial charge in [-0.15, -0.1) is 0 Å². The summed E-state index contributed by atoms with van der Waals surface area (Å²) < 4.78 is 3.10. The number of fused-ring (bicyclic) bond motifs is 1. The van der Waals surface area contributed by atoms with Gasteiger partial charge in [0.15, 0.2) is 10.8 Å². The lowest BCUT2D eigenvalue weighted by Crippen LogP contribution is -2.20. The maximum atomic E-state index is 12.2. The molecule has 3 aromatic heterocycles. The molecule has 0 bridgehead atoms. The highest BCUT2D eigenvalue weighted by Gasteiger charge is 2.09. The normalized spacial score (nSPS) is 11.1. The van der Waals surface area contributed by atoms with Crippen molar-refractivity contribution in [1.82, 2.24) is 24.3 Å². The van der Waals surface area contributed by atoms with E-state index < -0.39 is 0 Å². The number of nitrogens with zero attached hydrogens (tertiary/aromatic N) is 5. The summed E-state index contributed by atoms with van der Waals surface area (Å²) in [6.07, 6.45) is 4.72. The van der Waals surface area contributed by atoms with Crippen LogP contribution in [0, 0.1) is 0 Å². The molecule has 0 fully saturated rings. The Balaban J connectivity index is 2.01. The summed E-state index contributed by atoms with van der Waals surface area (Å²) in [6, 6.07) is 0. The molecule has 98 valence electrons. The molecule has 0 atom stereocenters. The van der Waals surface area contributed by atoms with Crippen LogP contribution in [-0.4, -0.2) is 24.3 Å². The van der Waals surface area contributed by atoms with Gasteiger partial charge in [0.1, 0.15) is 11.7 Å². The molecule has 0 aliphatic heterocycles. The summed E-state index contributed by atoms with van der Waals surface area (Å²) in [5.41, 5.74) is 2.93. The van der Waals surface area contributed by atoms with Gasteiger partial charge >= 0.3 is 0 Å². The minimum atomic E-state index is -0.117. The smallest absolute Gasteiger partial charge is 0.264 e. The Morgan fingerprint density at radius 2 is 2.26 bits per heavy atom. The highest BCUT2D eigenvalue weighted by atomic mass is 32.1. The van der Waals surface area contributed by atoms with Crippen molar-refractivity contribution >= 4 is 27.5 Å². The van der Waals surface area contributed by atoms with Crippen molar-refractivity contribution < 1.29 is 0 Å². The highest BCUT2D eigenvalue weighted by molar-refractivity contribution is 7.15. The molecule has 0 radical (unpaired) electrons. The molecule has 3 N–H and O–H groups in total. The zero-order chi connectivity index (χ0) is 13.4. The first-order valence-electron chi connectivity index (χ1n) is 5.47. The number of nitrogens with two attached hydrogens (primary N) is 1. The lowest BCUT2D eigenvalue weighted by atomic mass is 10.4. The van der Waals surface area contributed by atoms with E-state index in [1.807, 2.05) is 0 Å². The molecule has 3 heterocycles. The van der Waals surface area contributed by atoms with E-state index in [0.29, 0.717) is 22.7 Å². The Kier molecular flexibility index (Phi) is 2.76. The molecule has 0 spiro atoms. The minimum absolute atomic E-state index is 0.117. The van der Waals surface area contributed by atoms with Crippen LogP contribution in [0.25, 0.3) is 11.0 Å². The summed E-state index contributed by atoms with van der Waals surface area (Å²) in [5.74, 6) is 5.27. The number of rotatable bonds is 3. The fraction of sp³-hybridized carbons (Fsp3) is 0.200. The third kappa shape index (κ3) is 1.98. The summed E-state index contributed by atoms with van der Waals surface area (Å²) in [7, 11) is 1.75. The van der Waals surface area contributed by atoms with Crippen molar-refractivity contribution in [3.8, 4) is 0 Å². The highest BCUT2D eigenvalue weighted by Crippen LogP contribution is 2.17. The first kappa shape index (κ1) is 11.8. The van der Waals surface area contributed by atoms with Crippen LogP contribution in [0.3, 0.4) is 0 Å². The molecule has 9 heteroatoms. The number of aryl methyl sites for hydroxylation is 1. The summed E-state index contributed by atoms with van der Waals surface area (Å²) in [4.78, 5) is 21.4. The van der Waals surface area contributed by atoms with Gasteiger partial charge in [-0.1, -0.05) is 11.3 Å². The molecule has 0 saturated carbocycles. The van der Waals surface area contributed by atoms with E-state index >= 15 is 0 Å². The van der Waals surface area contributed by atoms with Gasteiger partial charge in [0, 0.05) is 18.1 Å². The number of thiazole rings is 1. The molecule has 0 saturated heterocycles. The Morgan fingerprint density at radius 3 is 3.00 bits per heavy atom. The molecule has 0 aliphatic carbocycles. The van der Waals surface area contributed by atoms with E-state index in [4.69, 9.17) is 5.84 Å². The second-order valence-electron chi connectivity index (χ2n) is 3.96. The molecule has 0 unspecified atom stereocenters. The molecule has 3 aromatic rings. The zero-order valence-electron chi connectivity index (χ0n) is 10.1. The van der Waals surface area contributed by atoms with E-state index in [1.165, 1.54) is 28.4 Å². The Labute approximate surface area is 111 Å². The number of nitrogens with one attached hydrogen (secondary N) is 1. The van der Waals surface area contributed by atoms with E-state index in [2.05, 4.69) is 20.5 Å². The van der Waals surface area contributed by atoms with E-state index in [-0.39, 0.29) is 5.56 Å². The molecule has 0 amide bonds. The van der Waals surface area contributed by atoms with Crippen LogP contribution in [0.1, 0.15) is 4.88 Å². The minimum Gasteiger partial charge on any atom is -0.300 e. The fourth-order valence-corrected chi connectivity index (χ4v) is 2.52. The number of hydrogen-bond donors (Lipinski definition) is 2. The van der Waals surface area contributed by atoms with Crippen LogP contribution in [0.2, 0.25) is 0 Å². The molecule has 19 heavy (non-hydrogen) atoms. The second kappa shape index (κ2) is 4.44. The van der Waals surface area contributed by atoms with Gasteiger partial charge in [-0.3, -0.25) is 19.5 Å². The maximum absolute atomic E-state index is 12.2. The number of nitrogen functional groups attached to an aromatic ring is 1. The molecular formula is C10H11N7OS. The van der Waals surface area contributed by atoms with Crippen LogP contribution in [-0.2, 0) is 13.6 Å². The molecule has 0 aromatic carbocycles. The van der Waals surface area contributed by atoms with Crippen LogP contribution >= 0.6 is 11.3 Å². The van der Waals surface area contributed by atoms with Crippen molar-refractivity contribution in [3.63, 3.8) is 0 Å². The average Bonchev–Trinajstić information content (AvgIpc) is 3.00. The number of anilines is 1. The van der Waals surface area contributed by atoms with Crippen LogP contribution in [0.5, 0.6) is 0 Å². The standard InChI is InChI=1S/C10H11N7OS/c1-16-8-7(3-14-16)9(18)17(5-13-8)4-6-2-12-10(15-11)19-6/h2-3,5H,4,11H2,1H3,(H,12,15). The SMILES string of the molecule is Cn1ncc2c(=O)n(Cc3cnc(NN)s3)cnc21. The topological polar surface area (TPSA) is 104 Å². The van der Waals surface area contributed by atoms with Crippen LogP contribution in [0.15, 0.2) is 23.5 Å². The van der Waals surface area contributed by atoms with Gasteiger partial charge < -0.3 is 0 Å². The van der Waals surface area contributed by atoms with Gasteiger partial charge in [-0.2, -0.15) is 5.10 Å². The molecule has 3 rings (SSSR count). The maximum Gasteiger partial charge on any atom is 0.264 e. The van der Waals surface area contributed by atoms with Gasteiger partial charge in [0.2, 0.25) is 0 Å². The monoisotopic (exact) mass is 277 g/mol. The molecule has 8 nitrogen and oxygen atoms in total. The largest absolute Gasteiger partial charge is 0.300 e. The average molecular weight is 277 g/mol. The van der Waals surface area contributed by atoms with Crippen molar-refractivity contribution in [3.05, 3.63) is 34.0 Å². The third-order valence-corrected chi connectivity index (χ3v) is 3.63. The van der Waals surface area contributed by atoms with Gasteiger partial charge in [-0.25, -0.2) is 15.8 Å². The number of hydrazine groups is 1. The van der Waals surface area contributed by atoms with Crippen LogP contribution in [0.4, 0.5) is 5.13 Å². The lowest BCUT2D eigenvalue weighted by molar-refractivity contribution is 0.744. The molecule has 0 aliphatic rings. The van der Waals surface area contributed by atoms with E-state index in [0.717, 1.165) is 4.88 Å². The first-order valence-corrected chi connectivity index (χ1v) is 6.29. The predicted octanol–water partition coefficient (Wildman–Crippen LogP) is -0.0796. The summed E-state index contributed by atoms with van der Waals surface area (Å²) in [6.45, 7) is 0.413. The first-order chi connectivity index (χ1) is 9.19. The summed E-state index contributed by atoms with van der Waals surface area (Å²) in [5, 5.41) is 5.14. The quantitative estimate of drug-likeness (QED) is 0.512. The number of aromatic nitrogens is 5. The summed E-state index contributed by atoms with van der Waals surface area (Å²) >= 11 is 1.39. The van der Waals surface area contributed by atoms with Gasteiger partial charge in [0.05, 0.1) is 12.7 Å². The van der Waals surface area contributed by atoms with Gasteiger partial charge in [0.25, 0.3) is 5.56 Å². The van der Waals surface area contributed by atoms with E-state index in [1.54, 1.807) is 17.9 Å². The third-order valence-electron chi connectivity index (χ3n) is 2.72. The lowest BCUT2D eigenvalue weighted by Gasteiger charge is -2.02. The molecular weight excluding hydrogens is 266 g/mol. The van der Waals surface area contributed by atoms with Crippen molar-refractivity contribution in [2.45, 2.75) is 6.54 Å². The van der Waals surface area contributed by atoms with Crippen molar-refractivity contribution in [2.75, 3.05) is 5.43 Å². The van der Waals surface area contributed by atoms with E-state index in [9.17, 15) is 4.79 Å². The van der Waals surface area contributed by atoms with Gasteiger partial charge in [-0.05, 0) is 0 Å².